The monoisotopic (exact) mass is 321 g/mol. The first-order valence-corrected chi connectivity index (χ1v) is 7.10. The summed E-state index contributed by atoms with van der Waals surface area (Å²) in [5.41, 5.74) is 7.92. The topological polar surface area (TPSA) is 85.8 Å². The van der Waals surface area contributed by atoms with Crippen molar-refractivity contribution in [3.8, 4) is 0 Å². The van der Waals surface area contributed by atoms with E-state index in [2.05, 4.69) is 15.4 Å². The van der Waals surface area contributed by atoms with Crippen molar-refractivity contribution in [2.24, 2.45) is 0 Å². The van der Waals surface area contributed by atoms with E-state index in [1.165, 1.54) is 0 Å². The first kappa shape index (κ1) is 16.3. The number of nitrogens with two attached hydrogens (primary N) is 1. The molecule has 2 aromatic rings. The Kier molecular flexibility index (Phi) is 4.71. The van der Waals surface area contributed by atoms with Crippen molar-refractivity contribution in [1.82, 2.24) is 20.1 Å². The lowest BCUT2D eigenvalue weighted by Crippen LogP contribution is -2.41. The lowest BCUT2D eigenvalue weighted by atomic mass is 10.0. The largest absolute Gasteiger partial charge is 0.399 e. The fourth-order valence-corrected chi connectivity index (χ4v) is 2.70. The van der Waals surface area contributed by atoms with Crippen molar-refractivity contribution in [3.05, 3.63) is 41.0 Å². The minimum atomic E-state index is -0.0786. The Morgan fingerprint density at radius 1 is 1.41 bits per heavy atom. The summed E-state index contributed by atoms with van der Waals surface area (Å²) in [6.45, 7) is 4.46. The van der Waals surface area contributed by atoms with Gasteiger partial charge in [0.25, 0.3) is 5.91 Å². The second-order valence-electron chi connectivity index (χ2n) is 5.54. The molecule has 0 spiro atoms. The number of anilines is 1. The van der Waals surface area contributed by atoms with Gasteiger partial charge in [0.05, 0.1) is 6.54 Å². The predicted octanol–water partition coefficient (Wildman–Crippen LogP) is 1.64. The Bertz CT molecular complexity index is 697. The summed E-state index contributed by atoms with van der Waals surface area (Å²) in [6, 6.07) is 5.46. The van der Waals surface area contributed by atoms with Gasteiger partial charge in [0.15, 0.2) is 0 Å². The van der Waals surface area contributed by atoms with Crippen LogP contribution < -0.4 is 11.1 Å². The smallest absolute Gasteiger partial charge is 0.251 e. The number of hydrogen-bond donors (Lipinski definition) is 2. The van der Waals surface area contributed by atoms with Crippen LogP contribution in [0.1, 0.15) is 34.0 Å². The minimum Gasteiger partial charge on any atom is -0.399 e. The fraction of sp³-hybridized carbons (Fsp3) is 0.400. The molecule has 6 nitrogen and oxygen atoms in total. The summed E-state index contributed by atoms with van der Waals surface area (Å²) in [5, 5.41) is 7.42. The van der Waals surface area contributed by atoms with Crippen molar-refractivity contribution in [1.29, 1.82) is 0 Å². The van der Waals surface area contributed by atoms with E-state index in [0.29, 0.717) is 17.8 Å². The SMILES string of the molecule is Cc1nc2n(n1)CC(NC(=O)c1cc(N)ccc1C)CC2.Cl. The van der Waals surface area contributed by atoms with Crippen molar-refractivity contribution < 1.29 is 4.79 Å². The van der Waals surface area contributed by atoms with Gasteiger partial charge >= 0.3 is 0 Å². The molecule has 1 aliphatic heterocycles. The highest BCUT2D eigenvalue weighted by Crippen LogP contribution is 2.16. The van der Waals surface area contributed by atoms with Gasteiger partial charge in [-0.2, -0.15) is 5.10 Å². The van der Waals surface area contributed by atoms with Crippen LogP contribution in [0.15, 0.2) is 18.2 Å². The highest BCUT2D eigenvalue weighted by molar-refractivity contribution is 5.96. The van der Waals surface area contributed by atoms with E-state index in [-0.39, 0.29) is 24.4 Å². The van der Waals surface area contributed by atoms with Crippen molar-refractivity contribution >= 4 is 24.0 Å². The number of fused-ring (bicyclic) bond motifs is 1. The van der Waals surface area contributed by atoms with Gasteiger partial charge in [0.1, 0.15) is 11.6 Å². The molecule has 1 amide bonds. The predicted molar refractivity (Wildman–Crippen MR) is 87.2 cm³/mol. The van der Waals surface area contributed by atoms with Crippen LogP contribution >= 0.6 is 12.4 Å². The van der Waals surface area contributed by atoms with E-state index in [1.807, 2.05) is 24.6 Å². The van der Waals surface area contributed by atoms with Gasteiger partial charge in [0.2, 0.25) is 0 Å². The quantitative estimate of drug-likeness (QED) is 0.823. The van der Waals surface area contributed by atoms with Crippen LogP contribution in [0.5, 0.6) is 0 Å². The molecule has 3 N–H and O–H groups in total. The maximum absolute atomic E-state index is 12.4. The van der Waals surface area contributed by atoms with Gasteiger partial charge in [-0.3, -0.25) is 4.79 Å². The number of nitrogens with one attached hydrogen (secondary N) is 1. The van der Waals surface area contributed by atoms with E-state index >= 15 is 0 Å². The average molecular weight is 322 g/mol. The second-order valence-corrected chi connectivity index (χ2v) is 5.54. The van der Waals surface area contributed by atoms with Crippen molar-refractivity contribution in [3.63, 3.8) is 0 Å². The van der Waals surface area contributed by atoms with Gasteiger partial charge in [-0.25, -0.2) is 9.67 Å². The Labute approximate surface area is 135 Å². The molecule has 0 aliphatic carbocycles. The molecule has 0 fully saturated rings. The molecule has 0 bridgehead atoms. The second kappa shape index (κ2) is 6.36. The van der Waals surface area contributed by atoms with Crippen LogP contribution in [0.3, 0.4) is 0 Å². The number of aryl methyl sites for hydroxylation is 3. The molecule has 1 unspecified atom stereocenters. The molecule has 1 aromatic carbocycles. The van der Waals surface area contributed by atoms with Gasteiger partial charge < -0.3 is 11.1 Å². The van der Waals surface area contributed by atoms with Crippen LogP contribution in [-0.4, -0.2) is 26.7 Å². The zero-order valence-corrected chi connectivity index (χ0v) is 13.5. The number of carbonyl (C=O) groups excluding carboxylic acids is 1. The van der Waals surface area contributed by atoms with E-state index in [1.54, 1.807) is 12.1 Å². The summed E-state index contributed by atoms with van der Waals surface area (Å²) in [6.07, 6.45) is 1.72. The molecule has 1 aromatic heterocycles. The summed E-state index contributed by atoms with van der Waals surface area (Å²) < 4.78 is 1.88. The third kappa shape index (κ3) is 3.22. The molecular weight excluding hydrogens is 302 g/mol. The first-order valence-electron chi connectivity index (χ1n) is 7.10. The molecule has 2 heterocycles. The minimum absolute atomic E-state index is 0. The van der Waals surface area contributed by atoms with Crippen LogP contribution in [0.2, 0.25) is 0 Å². The summed E-state index contributed by atoms with van der Waals surface area (Å²) in [5.74, 6) is 1.70. The highest BCUT2D eigenvalue weighted by atomic mass is 35.5. The number of rotatable bonds is 2. The van der Waals surface area contributed by atoms with Crippen LogP contribution in [-0.2, 0) is 13.0 Å². The fourth-order valence-electron chi connectivity index (χ4n) is 2.70. The third-order valence-electron chi connectivity index (χ3n) is 3.81. The molecule has 0 saturated carbocycles. The molecular formula is C15H20ClN5O. The van der Waals surface area contributed by atoms with E-state index < -0.39 is 0 Å². The molecule has 118 valence electrons. The van der Waals surface area contributed by atoms with Crippen LogP contribution in [0.4, 0.5) is 5.69 Å². The Morgan fingerprint density at radius 2 is 2.18 bits per heavy atom. The number of nitrogens with zero attached hydrogens (tertiary/aromatic N) is 3. The Balaban J connectivity index is 0.00000176. The standard InChI is InChI=1S/C15H19N5O.ClH/c1-9-3-4-11(16)7-13(9)15(21)18-12-5-6-14-17-10(2)19-20(14)8-12;/h3-4,7,12H,5-6,8,16H2,1-2H3,(H,18,21);1H. The molecule has 0 radical (unpaired) electrons. The summed E-state index contributed by atoms with van der Waals surface area (Å²) >= 11 is 0. The lowest BCUT2D eigenvalue weighted by Gasteiger charge is -2.24. The Hall–Kier alpha value is -2.08. The van der Waals surface area contributed by atoms with Crippen LogP contribution in [0.25, 0.3) is 0 Å². The normalized spacial score (nSPS) is 16.5. The summed E-state index contributed by atoms with van der Waals surface area (Å²) in [7, 11) is 0. The van der Waals surface area contributed by atoms with Gasteiger partial charge in [-0.1, -0.05) is 6.07 Å². The summed E-state index contributed by atoms with van der Waals surface area (Å²) in [4.78, 5) is 16.8. The molecule has 1 atom stereocenters. The number of halogens is 1. The highest BCUT2D eigenvalue weighted by Gasteiger charge is 2.23. The van der Waals surface area contributed by atoms with Gasteiger partial charge in [0, 0.05) is 23.7 Å². The van der Waals surface area contributed by atoms with Crippen LogP contribution in [0, 0.1) is 13.8 Å². The number of benzene rings is 1. The molecule has 3 rings (SSSR count). The number of amides is 1. The van der Waals surface area contributed by atoms with E-state index in [0.717, 1.165) is 30.1 Å². The van der Waals surface area contributed by atoms with Crippen molar-refractivity contribution in [2.45, 2.75) is 39.3 Å². The average Bonchev–Trinajstić information content (AvgIpc) is 2.80. The maximum Gasteiger partial charge on any atom is 0.251 e. The molecule has 22 heavy (non-hydrogen) atoms. The molecule has 0 saturated heterocycles. The zero-order chi connectivity index (χ0) is 15.0. The number of aromatic nitrogens is 3. The van der Waals surface area contributed by atoms with Gasteiger partial charge in [-0.15, -0.1) is 12.4 Å². The first-order chi connectivity index (χ1) is 10.0. The lowest BCUT2D eigenvalue weighted by molar-refractivity contribution is 0.0925. The number of carbonyl (C=O) groups is 1. The zero-order valence-electron chi connectivity index (χ0n) is 12.7. The molecule has 1 aliphatic rings. The Morgan fingerprint density at radius 3 is 2.95 bits per heavy atom. The molecule has 7 heteroatoms. The third-order valence-corrected chi connectivity index (χ3v) is 3.81. The van der Waals surface area contributed by atoms with E-state index in [9.17, 15) is 4.79 Å². The number of nitrogen functional groups attached to an aromatic ring is 1. The van der Waals surface area contributed by atoms with E-state index in [4.69, 9.17) is 5.73 Å². The van der Waals surface area contributed by atoms with Crippen molar-refractivity contribution in [2.75, 3.05) is 5.73 Å². The number of hydrogen-bond acceptors (Lipinski definition) is 4. The maximum atomic E-state index is 12.4. The van der Waals surface area contributed by atoms with Gasteiger partial charge in [-0.05, 0) is 38.0 Å².